The molecule has 2 N–H and O–H groups in total. The van der Waals surface area contributed by atoms with Crippen LogP contribution in [-0.4, -0.2) is 42.3 Å². The standard InChI is InChI=1S/C27H33N3O4/c1-4-5-14-30-24(31)16-22(25(30)18-8-12-21(34-3)13-9-18)27(33)29-23-15-19(7-6-17(23)2)26(32)28-20-10-11-20/h6-9,12-13,15,20,22,25H,4-5,10-11,14,16H2,1-3H3,(H,28,32)(H,29,33). The van der Waals surface area contributed by atoms with Gasteiger partial charge in [0.2, 0.25) is 11.8 Å². The Balaban J connectivity index is 1.57. The molecule has 2 aliphatic rings. The first-order valence-corrected chi connectivity index (χ1v) is 12.1. The predicted octanol–water partition coefficient (Wildman–Crippen LogP) is 4.22. The zero-order valence-corrected chi connectivity index (χ0v) is 20.1. The smallest absolute Gasteiger partial charge is 0.251 e. The minimum Gasteiger partial charge on any atom is -0.497 e. The van der Waals surface area contributed by atoms with Crippen LogP contribution in [0.5, 0.6) is 5.75 Å². The van der Waals surface area contributed by atoms with Gasteiger partial charge in [-0.05, 0) is 61.6 Å². The molecule has 7 nitrogen and oxygen atoms in total. The molecular formula is C27H33N3O4. The van der Waals surface area contributed by atoms with E-state index in [4.69, 9.17) is 4.74 Å². The first kappa shape index (κ1) is 23.8. The Morgan fingerprint density at radius 2 is 1.85 bits per heavy atom. The third kappa shape index (κ3) is 5.24. The van der Waals surface area contributed by atoms with Crippen molar-refractivity contribution in [1.29, 1.82) is 0 Å². The molecule has 1 aliphatic heterocycles. The quantitative estimate of drug-likeness (QED) is 0.583. The fraction of sp³-hybridized carbons (Fsp3) is 0.444. The van der Waals surface area contributed by atoms with Gasteiger partial charge in [-0.15, -0.1) is 0 Å². The van der Waals surface area contributed by atoms with Gasteiger partial charge in [0.15, 0.2) is 0 Å². The van der Waals surface area contributed by atoms with Gasteiger partial charge in [-0.3, -0.25) is 14.4 Å². The molecule has 34 heavy (non-hydrogen) atoms. The summed E-state index contributed by atoms with van der Waals surface area (Å²) >= 11 is 0. The summed E-state index contributed by atoms with van der Waals surface area (Å²) in [5.74, 6) is -0.150. The summed E-state index contributed by atoms with van der Waals surface area (Å²) in [5.41, 5.74) is 2.90. The van der Waals surface area contributed by atoms with Crippen LogP contribution in [0.2, 0.25) is 0 Å². The fourth-order valence-electron chi connectivity index (χ4n) is 4.45. The molecule has 2 aromatic carbocycles. The highest BCUT2D eigenvalue weighted by Crippen LogP contribution is 2.39. The molecule has 2 unspecified atom stereocenters. The van der Waals surface area contributed by atoms with Crippen LogP contribution in [0.15, 0.2) is 42.5 Å². The first-order chi connectivity index (χ1) is 16.4. The highest BCUT2D eigenvalue weighted by Gasteiger charge is 2.44. The molecule has 2 aromatic rings. The van der Waals surface area contributed by atoms with Crippen LogP contribution in [0, 0.1) is 12.8 Å². The van der Waals surface area contributed by atoms with Crippen molar-refractivity contribution in [1.82, 2.24) is 10.2 Å². The zero-order chi connectivity index (χ0) is 24.2. The summed E-state index contributed by atoms with van der Waals surface area (Å²) < 4.78 is 5.28. The van der Waals surface area contributed by atoms with E-state index in [-0.39, 0.29) is 36.2 Å². The minimum atomic E-state index is -0.527. The predicted molar refractivity (Wildman–Crippen MR) is 131 cm³/mol. The summed E-state index contributed by atoms with van der Waals surface area (Å²) in [6.45, 7) is 4.60. The Kier molecular flexibility index (Phi) is 7.20. The van der Waals surface area contributed by atoms with E-state index in [0.717, 1.165) is 42.6 Å². The van der Waals surface area contributed by atoms with Gasteiger partial charge in [-0.25, -0.2) is 0 Å². The van der Waals surface area contributed by atoms with E-state index in [1.54, 1.807) is 19.2 Å². The maximum absolute atomic E-state index is 13.5. The molecule has 0 aromatic heterocycles. The summed E-state index contributed by atoms with van der Waals surface area (Å²) in [7, 11) is 1.61. The van der Waals surface area contributed by atoms with Crippen molar-refractivity contribution in [3.63, 3.8) is 0 Å². The minimum absolute atomic E-state index is 0.0105. The highest BCUT2D eigenvalue weighted by atomic mass is 16.5. The van der Waals surface area contributed by atoms with Gasteiger partial charge < -0.3 is 20.3 Å². The van der Waals surface area contributed by atoms with E-state index in [2.05, 4.69) is 17.6 Å². The number of unbranched alkanes of at least 4 members (excludes halogenated alkanes) is 1. The lowest BCUT2D eigenvalue weighted by Gasteiger charge is -2.28. The third-order valence-corrected chi connectivity index (χ3v) is 6.65. The van der Waals surface area contributed by atoms with Crippen LogP contribution in [0.4, 0.5) is 5.69 Å². The van der Waals surface area contributed by atoms with E-state index < -0.39 is 5.92 Å². The van der Waals surface area contributed by atoms with Crippen LogP contribution in [0.1, 0.15) is 66.6 Å². The van der Waals surface area contributed by atoms with Crippen molar-refractivity contribution in [3.8, 4) is 5.75 Å². The summed E-state index contributed by atoms with van der Waals surface area (Å²) in [6, 6.07) is 12.8. The van der Waals surface area contributed by atoms with Crippen molar-refractivity contribution >= 4 is 23.4 Å². The van der Waals surface area contributed by atoms with Crippen molar-refractivity contribution in [3.05, 3.63) is 59.2 Å². The Bertz CT molecular complexity index is 1060. The molecule has 0 radical (unpaired) electrons. The van der Waals surface area contributed by atoms with Gasteiger partial charge >= 0.3 is 0 Å². The van der Waals surface area contributed by atoms with Gasteiger partial charge in [0.25, 0.3) is 5.91 Å². The number of aryl methyl sites for hydroxylation is 1. The van der Waals surface area contributed by atoms with Gasteiger partial charge in [0.1, 0.15) is 5.75 Å². The molecule has 1 heterocycles. The van der Waals surface area contributed by atoms with Crippen LogP contribution < -0.4 is 15.4 Å². The lowest BCUT2D eigenvalue weighted by atomic mass is 9.92. The normalized spacial score (nSPS) is 19.7. The average molecular weight is 464 g/mol. The van der Waals surface area contributed by atoms with Crippen molar-refractivity contribution in [2.45, 2.75) is 58.0 Å². The molecule has 0 spiro atoms. The highest BCUT2D eigenvalue weighted by molar-refractivity contribution is 6.00. The molecule has 4 rings (SSSR count). The van der Waals surface area contributed by atoms with Crippen LogP contribution in [0.3, 0.4) is 0 Å². The van der Waals surface area contributed by atoms with Gasteiger partial charge in [-0.1, -0.05) is 31.5 Å². The number of amides is 3. The molecule has 7 heteroatoms. The fourth-order valence-corrected chi connectivity index (χ4v) is 4.45. The van der Waals surface area contributed by atoms with Crippen LogP contribution in [0.25, 0.3) is 0 Å². The van der Waals surface area contributed by atoms with E-state index in [1.807, 2.05) is 42.2 Å². The number of rotatable bonds is 9. The number of likely N-dealkylation sites (tertiary alicyclic amines) is 1. The van der Waals surface area contributed by atoms with Gasteiger partial charge in [-0.2, -0.15) is 0 Å². The second kappa shape index (κ2) is 10.3. The van der Waals surface area contributed by atoms with Crippen LogP contribution in [-0.2, 0) is 9.59 Å². The largest absolute Gasteiger partial charge is 0.497 e. The lowest BCUT2D eigenvalue weighted by molar-refractivity contribution is -0.129. The number of carbonyl (C=O) groups is 3. The average Bonchev–Trinajstić information content (AvgIpc) is 3.59. The Labute approximate surface area is 200 Å². The van der Waals surface area contributed by atoms with Crippen molar-refractivity contribution < 1.29 is 19.1 Å². The molecule has 0 bridgehead atoms. The molecule has 180 valence electrons. The number of nitrogens with zero attached hydrogens (tertiary/aromatic N) is 1. The number of hydrogen-bond acceptors (Lipinski definition) is 4. The second-order valence-electron chi connectivity index (χ2n) is 9.24. The number of ether oxygens (including phenoxy) is 1. The van der Waals surface area contributed by atoms with Crippen LogP contribution >= 0.6 is 0 Å². The second-order valence-corrected chi connectivity index (χ2v) is 9.24. The Morgan fingerprint density at radius 3 is 2.50 bits per heavy atom. The van der Waals surface area contributed by atoms with Gasteiger partial charge in [0.05, 0.1) is 19.1 Å². The number of carbonyl (C=O) groups excluding carboxylic acids is 3. The third-order valence-electron chi connectivity index (χ3n) is 6.65. The monoisotopic (exact) mass is 463 g/mol. The maximum Gasteiger partial charge on any atom is 0.251 e. The molecule has 1 saturated heterocycles. The zero-order valence-electron chi connectivity index (χ0n) is 20.1. The first-order valence-electron chi connectivity index (χ1n) is 12.1. The number of nitrogens with one attached hydrogen (secondary N) is 2. The van der Waals surface area contributed by atoms with Crippen molar-refractivity contribution in [2.75, 3.05) is 19.0 Å². The Hall–Kier alpha value is -3.35. The van der Waals surface area contributed by atoms with E-state index in [1.165, 1.54) is 0 Å². The Morgan fingerprint density at radius 1 is 1.12 bits per heavy atom. The molecule has 2 fully saturated rings. The van der Waals surface area contributed by atoms with E-state index in [9.17, 15) is 14.4 Å². The maximum atomic E-state index is 13.5. The van der Waals surface area contributed by atoms with E-state index >= 15 is 0 Å². The number of methoxy groups -OCH3 is 1. The molecule has 1 saturated carbocycles. The molecule has 1 aliphatic carbocycles. The number of hydrogen-bond donors (Lipinski definition) is 2. The molecule has 2 atom stereocenters. The number of anilines is 1. The lowest BCUT2D eigenvalue weighted by Crippen LogP contribution is -2.33. The molecular weight excluding hydrogens is 430 g/mol. The van der Waals surface area contributed by atoms with Crippen molar-refractivity contribution in [2.24, 2.45) is 5.92 Å². The number of benzene rings is 2. The summed E-state index contributed by atoms with van der Waals surface area (Å²) in [6.07, 6.45) is 4.03. The molecule has 3 amide bonds. The summed E-state index contributed by atoms with van der Waals surface area (Å²) in [5, 5.41) is 5.99. The van der Waals surface area contributed by atoms with Gasteiger partial charge in [0, 0.05) is 30.3 Å². The topological polar surface area (TPSA) is 87.7 Å². The van der Waals surface area contributed by atoms with E-state index in [0.29, 0.717) is 17.8 Å². The SMILES string of the molecule is CCCCN1C(=O)CC(C(=O)Nc2cc(C(=O)NC3CC3)ccc2C)C1c1ccc(OC)cc1. The summed E-state index contributed by atoms with van der Waals surface area (Å²) in [4.78, 5) is 40.8.